The monoisotopic (exact) mass is 326 g/mol. The quantitative estimate of drug-likeness (QED) is 0.882. The molecule has 2 aromatic rings. The molecule has 3 N–H and O–H groups in total. The van der Waals surface area contributed by atoms with Gasteiger partial charge in [0.15, 0.2) is 0 Å². The Balaban J connectivity index is 1.69. The Morgan fingerprint density at radius 2 is 2.04 bits per heavy atom. The Kier molecular flexibility index (Phi) is 4.93. The lowest BCUT2D eigenvalue weighted by molar-refractivity contribution is -0.135. The molecule has 6 nitrogen and oxygen atoms in total. The van der Waals surface area contributed by atoms with E-state index < -0.39 is 5.91 Å². The summed E-state index contributed by atoms with van der Waals surface area (Å²) in [7, 11) is 0. The maximum atomic E-state index is 12.7. The van der Waals surface area contributed by atoms with Crippen molar-refractivity contribution < 1.29 is 9.59 Å². The van der Waals surface area contributed by atoms with Crippen molar-refractivity contribution in [2.24, 2.45) is 5.73 Å². The van der Waals surface area contributed by atoms with Crippen molar-refractivity contribution >= 4 is 11.8 Å². The van der Waals surface area contributed by atoms with Gasteiger partial charge in [0.25, 0.3) is 5.91 Å². The minimum Gasteiger partial charge on any atom is -0.364 e. The van der Waals surface area contributed by atoms with E-state index in [1.807, 2.05) is 35.2 Å². The van der Waals surface area contributed by atoms with E-state index in [1.54, 1.807) is 6.07 Å². The molecule has 1 aromatic heterocycles. The Morgan fingerprint density at radius 3 is 2.75 bits per heavy atom. The van der Waals surface area contributed by atoms with Gasteiger partial charge in [-0.2, -0.15) is 5.10 Å². The van der Waals surface area contributed by atoms with Crippen LogP contribution in [-0.2, 0) is 11.2 Å². The third-order valence-corrected chi connectivity index (χ3v) is 4.50. The number of benzene rings is 1. The molecule has 1 fully saturated rings. The summed E-state index contributed by atoms with van der Waals surface area (Å²) in [5.74, 6) is -0.422. The molecule has 2 amide bonds. The number of aromatic nitrogens is 2. The van der Waals surface area contributed by atoms with Crippen molar-refractivity contribution in [3.8, 4) is 0 Å². The first-order chi connectivity index (χ1) is 11.6. The smallest absolute Gasteiger partial charge is 0.269 e. The maximum absolute atomic E-state index is 12.7. The summed E-state index contributed by atoms with van der Waals surface area (Å²) in [4.78, 5) is 25.8. The zero-order valence-electron chi connectivity index (χ0n) is 13.6. The second kappa shape index (κ2) is 7.29. The van der Waals surface area contributed by atoms with Gasteiger partial charge in [0.1, 0.15) is 5.69 Å². The van der Waals surface area contributed by atoms with Gasteiger partial charge in [0.2, 0.25) is 5.91 Å². The van der Waals surface area contributed by atoms with Gasteiger partial charge in [-0.1, -0.05) is 30.3 Å². The van der Waals surface area contributed by atoms with E-state index in [4.69, 9.17) is 5.73 Å². The number of nitrogens with one attached hydrogen (secondary N) is 1. The number of hydrogen-bond acceptors (Lipinski definition) is 3. The SMILES string of the molecule is NC(=O)c1cc(C2CCCCN2C(=O)CCc2ccccc2)[nH]n1. The summed E-state index contributed by atoms with van der Waals surface area (Å²) in [6, 6.07) is 11.6. The van der Waals surface area contributed by atoms with E-state index in [2.05, 4.69) is 10.2 Å². The van der Waals surface area contributed by atoms with Crippen LogP contribution in [0.1, 0.15) is 53.5 Å². The highest BCUT2D eigenvalue weighted by atomic mass is 16.2. The number of hydrogen-bond donors (Lipinski definition) is 2. The molecule has 0 spiro atoms. The molecule has 3 rings (SSSR count). The molecule has 126 valence electrons. The molecule has 24 heavy (non-hydrogen) atoms. The Morgan fingerprint density at radius 1 is 1.25 bits per heavy atom. The number of nitrogens with zero attached hydrogens (tertiary/aromatic N) is 2. The number of rotatable bonds is 5. The standard InChI is InChI=1S/C18H22N4O2/c19-18(24)15-12-14(20-21-15)16-8-4-5-11-22(16)17(23)10-9-13-6-2-1-3-7-13/h1-3,6-7,12,16H,4-5,8-11H2,(H2,19,24)(H,20,21). The van der Waals surface area contributed by atoms with E-state index in [-0.39, 0.29) is 17.6 Å². The summed E-state index contributed by atoms with van der Waals surface area (Å²) >= 11 is 0. The normalized spacial score (nSPS) is 17.7. The van der Waals surface area contributed by atoms with E-state index >= 15 is 0 Å². The first-order valence-corrected chi connectivity index (χ1v) is 8.33. The van der Waals surface area contributed by atoms with Crippen LogP contribution in [0.25, 0.3) is 0 Å². The molecule has 1 atom stereocenters. The summed E-state index contributed by atoms with van der Waals surface area (Å²) in [6.07, 6.45) is 4.15. The number of carbonyl (C=O) groups excluding carboxylic acids is 2. The first kappa shape index (κ1) is 16.2. The van der Waals surface area contributed by atoms with Crippen LogP contribution in [0.3, 0.4) is 0 Å². The minimum absolute atomic E-state index is 0.0531. The molecule has 6 heteroatoms. The topological polar surface area (TPSA) is 92.1 Å². The van der Waals surface area contributed by atoms with Gasteiger partial charge in [0.05, 0.1) is 11.7 Å². The number of H-pyrrole nitrogens is 1. The molecule has 0 saturated carbocycles. The third kappa shape index (κ3) is 3.64. The maximum Gasteiger partial charge on any atom is 0.269 e. The van der Waals surface area contributed by atoms with Gasteiger partial charge >= 0.3 is 0 Å². The fourth-order valence-electron chi connectivity index (χ4n) is 3.23. The van der Waals surface area contributed by atoms with Crippen molar-refractivity contribution in [2.75, 3.05) is 6.54 Å². The van der Waals surface area contributed by atoms with Crippen LogP contribution in [0.4, 0.5) is 0 Å². The van der Waals surface area contributed by atoms with Crippen molar-refractivity contribution in [3.63, 3.8) is 0 Å². The van der Waals surface area contributed by atoms with Crippen LogP contribution in [-0.4, -0.2) is 33.5 Å². The largest absolute Gasteiger partial charge is 0.364 e. The van der Waals surface area contributed by atoms with Gasteiger partial charge < -0.3 is 10.6 Å². The zero-order chi connectivity index (χ0) is 16.9. The highest BCUT2D eigenvalue weighted by molar-refractivity contribution is 5.90. The highest BCUT2D eigenvalue weighted by Crippen LogP contribution is 2.30. The number of primary amides is 1. The zero-order valence-corrected chi connectivity index (χ0v) is 13.6. The van der Waals surface area contributed by atoms with Crippen LogP contribution < -0.4 is 5.73 Å². The summed E-state index contributed by atoms with van der Waals surface area (Å²) < 4.78 is 0. The Bertz CT molecular complexity index is 711. The number of likely N-dealkylation sites (tertiary alicyclic amines) is 1. The molecular weight excluding hydrogens is 304 g/mol. The summed E-state index contributed by atoms with van der Waals surface area (Å²) in [6.45, 7) is 0.739. The van der Waals surface area contributed by atoms with Crippen LogP contribution in [0, 0.1) is 0 Å². The first-order valence-electron chi connectivity index (χ1n) is 8.33. The van der Waals surface area contributed by atoms with Gasteiger partial charge in [-0.25, -0.2) is 0 Å². The number of aryl methyl sites for hydroxylation is 1. The molecule has 1 aliphatic rings. The molecular formula is C18H22N4O2. The van der Waals surface area contributed by atoms with Crippen LogP contribution in [0.2, 0.25) is 0 Å². The predicted octanol–water partition coefficient (Wildman–Crippen LogP) is 2.19. The predicted molar refractivity (Wildman–Crippen MR) is 90.2 cm³/mol. The van der Waals surface area contributed by atoms with Crippen LogP contribution >= 0.6 is 0 Å². The van der Waals surface area contributed by atoms with Crippen LogP contribution in [0.15, 0.2) is 36.4 Å². The second-order valence-corrected chi connectivity index (χ2v) is 6.16. The van der Waals surface area contributed by atoms with E-state index in [1.165, 1.54) is 0 Å². The fourth-order valence-corrected chi connectivity index (χ4v) is 3.23. The minimum atomic E-state index is -0.560. The molecule has 2 heterocycles. The van der Waals surface area contributed by atoms with E-state index in [9.17, 15) is 9.59 Å². The van der Waals surface area contributed by atoms with Gasteiger partial charge in [-0.3, -0.25) is 14.7 Å². The Hall–Kier alpha value is -2.63. The number of piperidine rings is 1. The molecule has 0 aliphatic carbocycles. The average molecular weight is 326 g/mol. The van der Waals surface area contributed by atoms with E-state index in [0.29, 0.717) is 6.42 Å². The number of nitrogens with two attached hydrogens (primary N) is 1. The Labute approximate surface area is 141 Å². The number of carbonyl (C=O) groups is 2. The lowest BCUT2D eigenvalue weighted by atomic mass is 9.98. The van der Waals surface area contributed by atoms with E-state index in [0.717, 1.165) is 43.5 Å². The molecule has 0 radical (unpaired) electrons. The fraction of sp³-hybridized carbons (Fsp3) is 0.389. The number of aromatic amines is 1. The van der Waals surface area contributed by atoms with Crippen molar-refractivity contribution in [1.29, 1.82) is 0 Å². The van der Waals surface area contributed by atoms with Crippen molar-refractivity contribution in [2.45, 2.75) is 38.1 Å². The van der Waals surface area contributed by atoms with Gasteiger partial charge in [-0.05, 0) is 37.3 Å². The molecule has 0 bridgehead atoms. The van der Waals surface area contributed by atoms with Gasteiger partial charge in [-0.15, -0.1) is 0 Å². The van der Waals surface area contributed by atoms with Crippen LogP contribution in [0.5, 0.6) is 0 Å². The highest BCUT2D eigenvalue weighted by Gasteiger charge is 2.29. The summed E-state index contributed by atoms with van der Waals surface area (Å²) in [5.41, 5.74) is 7.43. The summed E-state index contributed by atoms with van der Waals surface area (Å²) in [5, 5.41) is 6.81. The molecule has 1 saturated heterocycles. The average Bonchev–Trinajstić information content (AvgIpc) is 3.11. The lowest BCUT2D eigenvalue weighted by Gasteiger charge is -2.35. The van der Waals surface area contributed by atoms with Gasteiger partial charge in [0, 0.05) is 13.0 Å². The molecule has 1 aromatic carbocycles. The van der Waals surface area contributed by atoms with Crippen molar-refractivity contribution in [1.82, 2.24) is 15.1 Å². The number of amides is 2. The lowest BCUT2D eigenvalue weighted by Crippen LogP contribution is -2.38. The second-order valence-electron chi connectivity index (χ2n) is 6.16. The van der Waals surface area contributed by atoms with Crippen molar-refractivity contribution in [3.05, 3.63) is 53.3 Å². The molecule has 1 unspecified atom stereocenters. The third-order valence-electron chi connectivity index (χ3n) is 4.50. The molecule has 1 aliphatic heterocycles.